The van der Waals surface area contributed by atoms with Crippen LogP contribution in [0.2, 0.25) is 0 Å². The van der Waals surface area contributed by atoms with Crippen molar-refractivity contribution in [3.63, 3.8) is 0 Å². The Kier molecular flexibility index (Phi) is 5.94. The summed E-state index contributed by atoms with van der Waals surface area (Å²) < 4.78 is 13.8. The Balaban J connectivity index is 1.43. The molecule has 3 aromatic carbocycles. The summed E-state index contributed by atoms with van der Waals surface area (Å²) in [6.07, 6.45) is 3.41. The number of rotatable bonds is 5. The zero-order valence-corrected chi connectivity index (χ0v) is 21.9. The van der Waals surface area contributed by atoms with E-state index >= 15 is 0 Å². The van der Waals surface area contributed by atoms with Crippen molar-refractivity contribution < 1.29 is 19.1 Å². The predicted molar refractivity (Wildman–Crippen MR) is 144 cm³/mol. The van der Waals surface area contributed by atoms with E-state index in [0.717, 1.165) is 47.2 Å². The van der Waals surface area contributed by atoms with Gasteiger partial charge in [-0.15, -0.1) is 0 Å². The molecule has 0 fully saturated rings. The molecule has 1 aliphatic carbocycles. The third-order valence-electron chi connectivity index (χ3n) is 8.19. The molecule has 2 aliphatic rings. The number of methoxy groups -OCH3 is 1. The minimum absolute atomic E-state index is 0.0396. The molecule has 0 saturated carbocycles. The van der Waals surface area contributed by atoms with Gasteiger partial charge >= 0.3 is 5.97 Å². The fraction of sp³-hybridized carbons (Fsp3) is 0.323. The number of nitrogens with one attached hydrogen (secondary N) is 1. The van der Waals surface area contributed by atoms with Gasteiger partial charge in [0.1, 0.15) is 16.9 Å². The van der Waals surface area contributed by atoms with Crippen LogP contribution in [0.15, 0.2) is 60.7 Å². The Morgan fingerprint density at radius 1 is 1.11 bits per heavy atom. The van der Waals surface area contributed by atoms with Crippen molar-refractivity contribution in [3.05, 3.63) is 94.3 Å². The average Bonchev–Trinajstić information content (AvgIpc) is 3.44. The van der Waals surface area contributed by atoms with Gasteiger partial charge in [0.15, 0.2) is 5.75 Å². The fourth-order valence-corrected chi connectivity index (χ4v) is 6.03. The first-order valence-corrected chi connectivity index (χ1v) is 13.1. The van der Waals surface area contributed by atoms with Gasteiger partial charge in [0.05, 0.1) is 25.1 Å². The van der Waals surface area contributed by atoms with E-state index in [2.05, 4.69) is 29.6 Å². The molecule has 1 unspecified atom stereocenters. The number of hydrogen-bond acceptors (Lipinski definition) is 5. The van der Waals surface area contributed by atoms with Crippen LogP contribution in [0.25, 0.3) is 11.0 Å². The molecule has 0 bridgehead atoms. The predicted octanol–water partition coefficient (Wildman–Crippen LogP) is 5.08. The SMILES string of the molecule is COC(=O)C[C@H](NC(=O)c1cc2c(nc(C)n2C)c2c1CCC1(CCc3ccccc31)O2)c1ccccc1. The Bertz CT molecular complexity index is 1560. The molecule has 1 aliphatic heterocycles. The summed E-state index contributed by atoms with van der Waals surface area (Å²) >= 11 is 0. The number of amides is 1. The zero-order chi connectivity index (χ0) is 26.4. The highest BCUT2D eigenvalue weighted by molar-refractivity contribution is 6.02. The van der Waals surface area contributed by atoms with Gasteiger partial charge in [-0.1, -0.05) is 54.6 Å². The molecule has 38 heavy (non-hydrogen) atoms. The van der Waals surface area contributed by atoms with Crippen molar-refractivity contribution >= 4 is 22.9 Å². The number of hydrogen-bond donors (Lipinski definition) is 1. The molecule has 1 amide bonds. The first kappa shape index (κ1) is 24.2. The largest absolute Gasteiger partial charge is 0.480 e. The zero-order valence-electron chi connectivity index (χ0n) is 21.9. The van der Waals surface area contributed by atoms with Gasteiger partial charge < -0.3 is 19.4 Å². The monoisotopic (exact) mass is 509 g/mol. The van der Waals surface area contributed by atoms with Crippen molar-refractivity contribution in [3.8, 4) is 5.75 Å². The summed E-state index contributed by atoms with van der Waals surface area (Å²) in [7, 11) is 3.31. The second kappa shape index (κ2) is 9.31. The molecule has 2 atom stereocenters. The molecule has 2 heterocycles. The standard InChI is InChI=1S/C31H31N3O4/c1-19-32-28-26(34(19)2)17-23(30(36)33-25(18-27(35)37-3)21-10-5-4-6-11-21)22-14-16-31(38-29(22)28)15-13-20-9-7-8-12-24(20)31/h4-12,17,25H,13-16,18H2,1-3H3,(H,33,36)/t25-,31?/m0/s1. The summed E-state index contributed by atoms with van der Waals surface area (Å²) in [5.41, 5.74) is 6.06. The summed E-state index contributed by atoms with van der Waals surface area (Å²) in [6, 6.07) is 19.4. The summed E-state index contributed by atoms with van der Waals surface area (Å²) in [5, 5.41) is 3.11. The van der Waals surface area contributed by atoms with E-state index in [1.54, 1.807) is 0 Å². The molecular formula is C31H31N3O4. The smallest absolute Gasteiger partial charge is 0.307 e. The first-order valence-electron chi connectivity index (χ1n) is 13.1. The van der Waals surface area contributed by atoms with Crippen LogP contribution in [-0.2, 0) is 35.0 Å². The number of aryl methyl sites for hydroxylation is 3. The van der Waals surface area contributed by atoms with Crippen LogP contribution < -0.4 is 10.1 Å². The second-order valence-corrected chi connectivity index (χ2v) is 10.3. The van der Waals surface area contributed by atoms with E-state index in [-0.39, 0.29) is 18.3 Å². The van der Waals surface area contributed by atoms with Crippen molar-refractivity contribution in [1.82, 2.24) is 14.9 Å². The van der Waals surface area contributed by atoms with Crippen LogP contribution in [0.3, 0.4) is 0 Å². The number of nitrogens with zero attached hydrogens (tertiary/aromatic N) is 2. The molecule has 0 radical (unpaired) electrons. The maximum atomic E-state index is 13.9. The lowest BCUT2D eigenvalue weighted by Crippen LogP contribution is -2.36. The minimum atomic E-state index is -0.520. The van der Waals surface area contributed by atoms with E-state index in [9.17, 15) is 9.59 Å². The third-order valence-corrected chi connectivity index (χ3v) is 8.19. The molecule has 6 rings (SSSR count). The highest BCUT2D eigenvalue weighted by Gasteiger charge is 2.45. The van der Waals surface area contributed by atoms with Gasteiger partial charge in [-0.2, -0.15) is 0 Å². The topological polar surface area (TPSA) is 82.5 Å². The molecule has 1 N–H and O–H groups in total. The third kappa shape index (κ3) is 3.93. The van der Waals surface area contributed by atoms with Crippen LogP contribution in [-0.4, -0.2) is 28.5 Å². The number of fused-ring (bicyclic) bond motifs is 5. The maximum absolute atomic E-state index is 13.9. The molecule has 4 aromatic rings. The van der Waals surface area contributed by atoms with E-state index in [4.69, 9.17) is 14.5 Å². The maximum Gasteiger partial charge on any atom is 0.307 e. The van der Waals surface area contributed by atoms with Crippen molar-refractivity contribution in [2.75, 3.05) is 7.11 Å². The first-order chi connectivity index (χ1) is 18.4. The number of esters is 1. The van der Waals surface area contributed by atoms with Crippen molar-refractivity contribution in [2.24, 2.45) is 7.05 Å². The van der Waals surface area contributed by atoms with Crippen molar-refractivity contribution in [1.29, 1.82) is 0 Å². The lowest BCUT2D eigenvalue weighted by molar-refractivity contribution is -0.141. The van der Waals surface area contributed by atoms with Gasteiger partial charge in [-0.05, 0) is 55.4 Å². The van der Waals surface area contributed by atoms with E-state index in [1.165, 1.54) is 18.2 Å². The molecule has 194 valence electrons. The molecule has 7 heteroatoms. The number of imidazole rings is 1. The van der Waals surface area contributed by atoms with Crippen LogP contribution in [0.5, 0.6) is 5.75 Å². The van der Waals surface area contributed by atoms with E-state index in [0.29, 0.717) is 17.7 Å². The Hall–Kier alpha value is -4.13. The number of benzene rings is 3. The van der Waals surface area contributed by atoms with E-state index < -0.39 is 11.6 Å². The molecule has 7 nitrogen and oxygen atoms in total. The van der Waals surface area contributed by atoms with Crippen LogP contribution >= 0.6 is 0 Å². The summed E-state index contributed by atoms with van der Waals surface area (Å²) in [4.78, 5) is 30.9. The Morgan fingerprint density at radius 2 is 1.84 bits per heavy atom. The Labute approximate surface area is 221 Å². The summed E-state index contributed by atoms with van der Waals surface area (Å²) in [5.74, 6) is 0.918. The van der Waals surface area contributed by atoms with Gasteiger partial charge in [-0.25, -0.2) is 4.98 Å². The van der Waals surface area contributed by atoms with Crippen LogP contribution in [0, 0.1) is 6.92 Å². The van der Waals surface area contributed by atoms with Crippen molar-refractivity contribution in [2.45, 2.75) is 50.7 Å². The number of aromatic nitrogens is 2. The molecule has 1 aromatic heterocycles. The van der Waals surface area contributed by atoms with Gasteiger partial charge in [-0.3, -0.25) is 9.59 Å². The number of carbonyl (C=O) groups excluding carboxylic acids is 2. The fourth-order valence-electron chi connectivity index (χ4n) is 6.03. The highest BCUT2D eigenvalue weighted by atomic mass is 16.5. The number of ether oxygens (including phenoxy) is 2. The second-order valence-electron chi connectivity index (χ2n) is 10.3. The highest BCUT2D eigenvalue weighted by Crippen LogP contribution is 2.50. The molecule has 0 saturated heterocycles. The normalized spacial score (nSPS) is 18.5. The van der Waals surface area contributed by atoms with Gasteiger partial charge in [0, 0.05) is 18.2 Å². The quantitative estimate of drug-likeness (QED) is 0.379. The van der Waals surface area contributed by atoms with E-state index in [1.807, 2.05) is 54.9 Å². The van der Waals surface area contributed by atoms with Gasteiger partial charge in [0.25, 0.3) is 5.91 Å². The molecule has 1 spiro atoms. The van der Waals surface area contributed by atoms with Crippen LogP contribution in [0.1, 0.15) is 63.7 Å². The molecular weight excluding hydrogens is 478 g/mol. The average molecular weight is 510 g/mol. The minimum Gasteiger partial charge on any atom is -0.480 e. The Morgan fingerprint density at radius 3 is 2.63 bits per heavy atom. The lowest BCUT2D eigenvalue weighted by atomic mass is 9.84. The summed E-state index contributed by atoms with van der Waals surface area (Å²) in [6.45, 7) is 1.96. The number of carbonyl (C=O) groups is 2. The lowest BCUT2D eigenvalue weighted by Gasteiger charge is -2.37. The van der Waals surface area contributed by atoms with Gasteiger partial charge in [0.2, 0.25) is 0 Å². The van der Waals surface area contributed by atoms with Crippen LogP contribution in [0.4, 0.5) is 0 Å².